The van der Waals surface area contributed by atoms with Crippen molar-refractivity contribution in [1.29, 1.82) is 0 Å². The predicted octanol–water partition coefficient (Wildman–Crippen LogP) is 3.51. The van der Waals surface area contributed by atoms with E-state index in [0.717, 1.165) is 33.7 Å². The van der Waals surface area contributed by atoms with Gasteiger partial charge in [-0.2, -0.15) is 0 Å². The molecule has 0 unspecified atom stereocenters. The highest BCUT2D eigenvalue weighted by Gasteiger charge is 2.13. The average Bonchev–Trinajstić information content (AvgIpc) is 2.75. The molecular weight excluding hydrogens is 280 g/mol. The molecule has 0 amide bonds. The van der Waals surface area contributed by atoms with Crippen LogP contribution >= 0.6 is 15.9 Å². The first-order valence-electron chi connectivity index (χ1n) is 5.54. The zero-order valence-electron chi connectivity index (χ0n) is 10.2. The first-order chi connectivity index (χ1) is 8.17. The molecule has 4 heteroatoms. The van der Waals surface area contributed by atoms with E-state index < -0.39 is 0 Å². The van der Waals surface area contributed by atoms with Crippen molar-refractivity contribution in [3.8, 4) is 11.4 Å². The van der Waals surface area contributed by atoms with E-state index in [0.29, 0.717) is 0 Å². The normalized spacial score (nSPS) is 10.6. The minimum Gasteiger partial charge on any atom is -0.495 e. The lowest BCUT2D eigenvalue weighted by atomic mass is 10.2. The molecule has 0 atom stereocenters. The van der Waals surface area contributed by atoms with E-state index in [2.05, 4.69) is 38.5 Å². The van der Waals surface area contributed by atoms with Crippen molar-refractivity contribution in [1.82, 2.24) is 9.55 Å². The van der Waals surface area contributed by atoms with Gasteiger partial charge in [0.25, 0.3) is 0 Å². The SMILES string of the molecule is CCc1nccn1-c1c(Br)cc(C)cc1OC. The molecule has 0 saturated carbocycles. The lowest BCUT2D eigenvalue weighted by Gasteiger charge is -2.14. The third-order valence-electron chi connectivity index (χ3n) is 2.67. The fourth-order valence-corrected chi connectivity index (χ4v) is 2.64. The molecule has 0 saturated heterocycles. The molecule has 1 heterocycles. The number of ether oxygens (including phenoxy) is 1. The van der Waals surface area contributed by atoms with Crippen LogP contribution in [0.1, 0.15) is 18.3 Å². The highest BCUT2D eigenvalue weighted by molar-refractivity contribution is 9.10. The molecule has 1 aromatic heterocycles. The summed E-state index contributed by atoms with van der Waals surface area (Å²) in [6.45, 7) is 4.14. The molecular formula is C13H15BrN2O. The average molecular weight is 295 g/mol. The monoisotopic (exact) mass is 294 g/mol. The standard InChI is InChI=1S/C13H15BrN2O/c1-4-12-15-5-6-16(12)13-10(14)7-9(2)8-11(13)17-3/h5-8H,4H2,1-3H3. The molecule has 0 fully saturated rings. The lowest BCUT2D eigenvalue weighted by molar-refractivity contribution is 0.412. The second kappa shape index (κ2) is 4.92. The summed E-state index contributed by atoms with van der Waals surface area (Å²) in [5.41, 5.74) is 2.17. The van der Waals surface area contributed by atoms with Crippen LogP contribution < -0.4 is 4.74 Å². The van der Waals surface area contributed by atoms with Crippen molar-refractivity contribution in [2.45, 2.75) is 20.3 Å². The zero-order chi connectivity index (χ0) is 12.4. The number of hydrogen-bond donors (Lipinski definition) is 0. The molecule has 3 nitrogen and oxygen atoms in total. The Kier molecular flexibility index (Phi) is 3.52. The van der Waals surface area contributed by atoms with Gasteiger partial charge < -0.3 is 4.74 Å². The molecule has 0 spiro atoms. The Balaban J connectivity index is 2.66. The topological polar surface area (TPSA) is 27.1 Å². The van der Waals surface area contributed by atoms with Gasteiger partial charge in [-0.1, -0.05) is 6.92 Å². The van der Waals surface area contributed by atoms with Crippen molar-refractivity contribution in [2.24, 2.45) is 0 Å². The third-order valence-corrected chi connectivity index (χ3v) is 3.27. The zero-order valence-corrected chi connectivity index (χ0v) is 11.8. The molecule has 0 radical (unpaired) electrons. The van der Waals surface area contributed by atoms with Gasteiger partial charge in [-0.25, -0.2) is 4.98 Å². The van der Waals surface area contributed by atoms with E-state index in [1.165, 1.54) is 0 Å². The third kappa shape index (κ3) is 2.22. The second-order valence-corrected chi connectivity index (χ2v) is 4.72. The van der Waals surface area contributed by atoms with Crippen LogP contribution in [0.25, 0.3) is 5.69 Å². The summed E-state index contributed by atoms with van der Waals surface area (Å²) in [7, 11) is 1.69. The van der Waals surface area contributed by atoms with Gasteiger partial charge in [0.05, 0.1) is 7.11 Å². The Morgan fingerprint density at radius 3 is 2.82 bits per heavy atom. The summed E-state index contributed by atoms with van der Waals surface area (Å²) in [5, 5.41) is 0. The molecule has 0 aliphatic carbocycles. The van der Waals surface area contributed by atoms with E-state index in [9.17, 15) is 0 Å². The van der Waals surface area contributed by atoms with Gasteiger partial charge >= 0.3 is 0 Å². The van der Waals surface area contributed by atoms with Crippen molar-refractivity contribution in [2.75, 3.05) is 7.11 Å². The molecule has 0 aliphatic rings. The van der Waals surface area contributed by atoms with Crippen molar-refractivity contribution in [3.63, 3.8) is 0 Å². The fraction of sp³-hybridized carbons (Fsp3) is 0.308. The van der Waals surface area contributed by atoms with E-state index in [4.69, 9.17) is 4.74 Å². The predicted molar refractivity (Wildman–Crippen MR) is 71.9 cm³/mol. The summed E-state index contributed by atoms with van der Waals surface area (Å²) < 4.78 is 8.53. The number of benzene rings is 1. The Morgan fingerprint density at radius 2 is 2.18 bits per heavy atom. The van der Waals surface area contributed by atoms with Crippen molar-refractivity contribution >= 4 is 15.9 Å². The van der Waals surface area contributed by atoms with Gasteiger partial charge in [-0.05, 0) is 40.5 Å². The number of nitrogens with zero attached hydrogens (tertiary/aromatic N) is 2. The van der Waals surface area contributed by atoms with Crippen LogP contribution in [-0.4, -0.2) is 16.7 Å². The molecule has 0 bridgehead atoms. The van der Waals surface area contributed by atoms with E-state index in [-0.39, 0.29) is 0 Å². The van der Waals surface area contributed by atoms with Crippen LogP contribution in [0.2, 0.25) is 0 Å². The number of imidazole rings is 1. The maximum absolute atomic E-state index is 5.45. The van der Waals surface area contributed by atoms with Gasteiger partial charge in [0.15, 0.2) is 0 Å². The molecule has 1 aromatic carbocycles. The van der Waals surface area contributed by atoms with Gasteiger partial charge in [0, 0.05) is 23.3 Å². The number of rotatable bonds is 3. The highest BCUT2D eigenvalue weighted by atomic mass is 79.9. The van der Waals surface area contributed by atoms with E-state index in [1.54, 1.807) is 7.11 Å². The molecule has 17 heavy (non-hydrogen) atoms. The highest BCUT2D eigenvalue weighted by Crippen LogP contribution is 2.33. The van der Waals surface area contributed by atoms with Crippen LogP contribution in [0.4, 0.5) is 0 Å². The van der Waals surface area contributed by atoms with E-state index >= 15 is 0 Å². The number of aryl methyl sites for hydroxylation is 2. The quantitative estimate of drug-likeness (QED) is 0.866. The maximum Gasteiger partial charge on any atom is 0.144 e. The number of halogens is 1. The smallest absolute Gasteiger partial charge is 0.144 e. The fourth-order valence-electron chi connectivity index (χ4n) is 1.89. The summed E-state index contributed by atoms with van der Waals surface area (Å²) >= 11 is 3.59. The molecule has 2 rings (SSSR count). The molecule has 90 valence electrons. The molecule has 0 aliphatic heterocycles. The Labute approximate surface area is 110 Å². The molecule has 0 N–H and O–H groups in total. The van der Waals surface area contributed by atoms with Crippen LogP contribution in [0.3, 0.4) is 0 Å². The Morgan fingerprint density at radius 1 is 1.41 bits per heavy atom. The second-order valence-electron chi connectivity index (χ2n) is 3.86. The van der Waals surface area contributed by atoms with Gasteiger partial charge in [-0.15, -0.1) is 0 Å². The largest absolute Gasteiger partial charge is 0.495 e. The summed E-state index contributed by atoms with van der Waals surface area (Å²) in [4.78, 5) is 4.34. The lowest BCUT2D eigenvalue weighted by Crippen LogP contribution is -2.03. The summed E-state index contributed by atoms with van der Waals surface area (Å²) in [6.07, 6.45) is 4.65. The Bertz CT molecular complexity index is 534. The van der Waals surface area contributed by atoms with Crippen LogP contribution in [-0.2, 0) is 6.42 Å². The van der Waals surface area contributed by atoms with Crippen LogP contribution in [0.5, 0.6) is 5.75 Å². The summed E-state index contributed by atoms with van der Waals surface area (Å²) in [5.74, 6) is 1.87. The van der Waals surface area contributed by atoms with Gasteiger partial charge in [0.1, 0.15) is 17.3 Å². The van der Waals surface area contributed by atoms with Gasteiger partial charge in [0.2, 0.25) is 0 Å². The first kappa shape index (κ1) is 12.2. The van der Waals surface area contributed by atoms with E-state index in [1.807, 2.05) is 25.4 Å². The number of aromatic nitrogens is 2. The number of hydrogen-bond acceptors (Lipinski definition) is 2. The van der Waals surface area contributed by atoms with Crippen LogP contribution in [0, 0.1) is 6.92 Å². The van der Waals surface area contributed by atoms with Gasteiger partial charge in [-0.3, -0.25) is 4.57 Å². The first-order valence-corrected chi connectivity index (χ1v) is 6.33. The van der Waals surface area contributed by atoms with Crippen molar-refractivity contribution in [3.05, 3.63) is 40.4 Å². The van der Waals surface area contributed by atoms with Crippen LogP contribution in [0.15, 0.2) is 29.0 Å². The number of methoxy groups -OCH3 is 1. The minimum atomic E-state index is 0.851. The molecule has 2 aromatic rings. The maximum atomic E-state index is 5.45. The summed E-state index contributed by atoms with van der Waals surface area (Å²) in [6, 6.07) is 4.11. The Hall–Kier alpha value is -1.29. The minimum absolute atomic E-state index is 0.851. The van der Waals surface area contributed by atoms with Crippen molar-refractivity contribution < 1.29 is 4.74 Å².